The van der Waals surface area contributed by atoms with E-state index in [-0.39, 0.29) is 5.56 Å². The molecule has 11 heavy (non-hydrogen) atoms. The van der Waals surface area contributed by atoms with Crippen molar-refractivity contribution in [2.75, 3.05) is 0 Å². The van der Waals surface area contributed by atoms with Crippen molar-refractivity contribution in [1.29, 1.82) is 0 Å². The van der Waals surface area contributed by atoms with E-state index < -0.39 is 0 Å². The van der Waals surface area contributed by atoms with Crippen LogP contribution in [0.3, 0.4) is 0 Å². The Morgan fingerprint density at radius 3 is 2.45 bits per heavy atom. The summed E-state index contributed by atoms with van der Waals surface area (Å²) in [5.41, 5.74) is 0.346. The summed E-state index contributed by atoms with van der Waals surface area (Å²) in [5.74, 6) is 0. The molecule has 0 aromatic carbocycles. The minimum Gasteiger partial charge on any atom is -0.264 e. The summed E-state index contributed by atoms with van der Waals surface area (Å²) in [7, 11) is 3.02. The summed E-state index contributed by atoms with van der Waals surface area (Å²) in [6, 6.07) is 1.41. The van der Waals surface area contributed by atoms with Crippen LogP contribution in [-0.4, -0.2) is 9.36 Å². The van der Waals surface area contributed by atoms with Crippen molar-refractivity contribution in [3.05, 3.63) is 27.0 Å². The van der Waals surface area contributed by atoms with Gasteiger partial charge in [0.25, 0.3) is 4.66 Å². The van der Waals surface area contributed by atoms with Crippen molar-refractivity contribution < 1.29 is 4.66 Å². The molecule has 1 rings (SSSR count). The molecular formula is C6H10N3O2+. The second-order valence-corrected chi connectivity index (χ2v) is 2.42. The number of rotatable bonds is 0. The lowest BCUT2D eigenvalue weighted by molar-refractivity contribution is -0.685. The third kappa shape index (κ3) is 1.09. The van der Waals surface area contributed by atoms with Crippen molar-refractivity contribution >= 4 is 0 Å². The van der Waals surface area contributed by atoms with E-state index in [0.717, 1.165) is 4.68 Å². The average Bonchev–Trinajstić information content (AvgIpc) is 1.97. The predicted molar refractivity (Wildman–Crippen MR) is 38.8 cm³/mol. The Hall–Kier alpha value is -1.39. The minimum absolute atomic E-state index is 0.296. The fraction of sp³-hybridized carbons (Fsp3) is 0.500. The number of aryl methyl sites for hydroxylation is 1. The van der Waals surface area contributed by atoms with Crippen LogP contribution in [0.2, 0.25) is 0 Å². The van der Waals surface area contributed by atoms with E-state index in [1.807, 2.05) is 0 Å². The molecule has 0 aliphatic heterocycles. The third-order valence-corrected chi connectivity index (χ3v) is 1.68. The first-order valence-corrected chi connectivity index (χ1v) is 3.21. The lowest BCUT2D eigenvalue weighted by Gasteiger charge is -1.93. The Kier molecular flexibility index (Phi) is 1.64. The quantitative estimate of drug-likeness (QED) is 0.450. The zero-order valence-electron chi connectivity index (χ0n) is 6.74. The highest BCUT2D eigenvalue weighted by Crippen LogP contribution is 1.81. The maximum absolute atomic E-state index is 11.1. The molecule has 0 saturated heterocycles. The molecule has 0 atom stereocenters. The maximum atomic E-state index is 11.1. The fourth-order valence-electron chi connectivity index (χ4n) is 0.786. The standard InChI is InChI=1S/C6H10N3O2/c1-5-4-6(10)8(3)9(11)7(5)2/h4H,1-3H3/q+1. The molecule has 0 radical (unpaired) electrons. The smallest absolute Gasteiger partial charge is 0.264 e. The highest BCUT2D eigenvalue weighted by Gasteiger charge is 2.07. The first-order chi connectivity index (χ1) is 5.04. The number of hydrogen-bond acceptors (Lipinski definition) is 2. The topological polar surface area (TPSA) is 49.9 Å². The highest BCUT2D eigenvalue weighted by molar-refractivity contribution is 4.92. The number of aromatic nitrogens is 3. The Labute approximate surface area is 63.1 Å². The van der Waals surface area contributed by atoms with Gasteiger partial charge in [-0.3, -0.25) is 4.79 Å². The van der Waals surface area contributed by atoms with Crippen LogP contribution in [0, 0.1) is 11.8 Å². The van der Waals surface area contributed by atoms with Crippen LogP contribution in [0.5, 0.6) is 0 Å². The summed E-state index contributed by atoms with van der Waals surface area (Å²) in [5, 5.41) is 0. The molecule has 0 unspecified atom stereocenters. The van der Waals surface area contributed by atoms with Crippen molar-refractivity contribution in [1.82, 2.24) is 9.36 Å². The van der Waals surface area contributed by atoms with Gasteiger partial charge in [0.1, 0.15) is 0 Å². The van der Waals surface area contributed by atoms with E-state index in [1.165, 1.54) is 17.8 Å². The van der Waals surface area contributed by atoms with Gasteiger partial charge in [-0.2, -0.15) is 0 Å². The molecule has 60 valence electrons. The van der Waals surface area contributed by atoms with E-state index in [9.17, 15) is 9.70 Å². The summed E-state index contributed by atoms with van der Waals surface area (Å²) < 4.78 is 2.85. The summed E-state index contributed by atoms with van der Waals surface area (Å²) >= 11 is 0. The molecule has 0 fully saturated rings. The third-order valence-electron chi connectivity index (χ3n) is 1.68. The Balaban J connectivity index is 3.74. The summed E-state index contributed by atoms with van der Waals surface area (Å²) in [6.45, 7) is 1.70. The van der Waals surface area contributed by atoms with Gasteiger partial charge in [-0.05, 0) is 11.6 Å². The molecule has 5 nitrogen and oxygen atoms in total. The normalized spacial score (nSPS) is 10.1. The fourth-order valence-corrected chi connectivity index (χ4v) is 0.786. The van der Waals surface area contributed by atoms with Crippen LogP contribution in [0.25, 0.3) is 0 Å². The molecule has 1 heterocycles. The van der Waals surface area contributed by atoms with Crippen molar-refractivity contribution in [2.45, 2.75) is 6.92 Å². The van der Waals surface area contributed by atoms with Gasteiger partial charge in [-0.25, -0.2) is 0 Å². The first kappa shape index (κ1) is 7.71. The Morgan fingerprint density at radius 2 is 1.91 bits per heavy atom. The number of nitrogens with zero attached hydrogens (tertiary/aromatic N) is 3. The lowest BCUT2D eigenvalue weighted by atomic mass is 10.5. The molecule has 0 amide bonds. The van der Waals surface area contributed by atoms with Crippen molar-refractivity contribution in [3.63, 3.8) is 0 Å². The molecule has 1 aromatic rings. The van der Waals surface area contributed by atoms with Crippen LogP contribution in [0.15, 0.2) is 10.9 Å². The van der Waals surface area contributed by atoms with Gasteiger partial charge >= 0.3 is 5.56 Å². The SMILES string of the molecule is Cc1cc(=O)n(C)[n+](=O)n1C. The van der Waals surface area contributed by atoms with Crippen LogP contribution in [-0.2, 0) is 14.1 Å². The zero-order chi connectivity index (χ0) is 8.59. The monoisotopic (exact) mass is 156 g/mol. The second kappa shape index (κ2) is 2.34. The lowest BCUT2D eigenvalue weighted by Crippen LogP contribution is -2.46. The van der Waals surface area contributed by atoms with E-state index in [0.29, 0.717) is 10.4 Å². The number of hydrogen-bond donors (Lipinski definition) is 0. The molecular weight excluding hydrogens is 146 g/mol. The molecule has 0 saturated carbocycles. The van der Waals surface area contributed by atoms with E-state index in [1.54, 1.807) is 14.0 Å². The summed E-state index contributed by atoms with van der Waals surface area (Å²) in [4.78, 5) is 22.0. The van der Waals surface area contributed by atoms with Gasteiger partial charge < -0.3 is 0 Å². The maximum Gasteiger partial charge on any atom is 0.310 e. The second-order valence-electron chi connectivity index (χ2n) is 2.42. The highest BCUT2D eigenvalue weighted by atomic mass is 16.3. The van der Waals surface area contributed by atoms with Crippen LogP contribution in [0.1, 0.15) is 5.69 Å². The van der Waals surface area contributed by atoms with Gasteiger partial charge in [-0.1, -0.05) is 4.68 Å². The molecule has 0 bridgehead atoms. The molecule has 0 aliphatic rings. The Bertz CT molecular complexity index is 388. The van der Waals surface area contributed by atoms with Gasteiger partial charge in [0.15, 0.2) is 0 Å². The minimum atomic E-state index is -0.296. The Morgan fingerprint density at radius 1 is 1.36 bits per heavy atom. The first-order valence-electron chi connectivity index (χ1n) is 3.21. The molecule has 0 aliphatic carbocycles. The largest absolute Gasteiger partial charge is 0.310 e. The van der Waals surface area contributed by atoms with Gasteiger partial charge in [-0.15, -0.1) is 0 Å². The average molecular weight is 156 g/mol. The molecule has 0 spiro atoms. The van der Waals surface area contributed by atoms with Gasteiger partial charge in [0.05, 0.1) is 24.7 Å². The van der Waals surface area contributed by atoms with Crippen LogP contribution in [0.4, 0.5) is 0 Å². The van der Waals surface area contributed by atoms with E-state index in [4.69, 9.17) is 0 Å². The predicted octanol–water partition coefficient (Wildman–Crippen LogP) is -1.05. The zero-order valence-corrected chi connectivity index (χ0v) is 6.74. The molecule has 5 heteroatoms. The van der Waals surface area contributed by atoms with Gasteiger partial charge in [0, 0.05) is 6.07 Å². The van der Waals surface area contributed by atoms with E-state index in [2.05, 4.69) is 0 Å². The van der Waals surface area contributed by atoms with Gasteiger partial charge in [0.2, 0.25) is 0 Å². The van der Waals surface area contributed by atoms with Crippen LogP contribution < -0.4 is 10.2 Å². The van der Waals surface area contributed by atoms with E-state index >= 15 is 0 Å². The molecule has 0 N–H and O–H groups in total. The molecule has 1 aromatic heterocycles. The van der Waals surface area contributed by atoms with Crippen molar-refractivity contribution in [2.24, 2.45) is 14.1 Å². The van der Waals surface area contributed by atoms with Crippen LogP contribution >= 0.6 is 0 Å². The van der Waals surface area contributed by atoms with Crippen molar-refractivity contribution in [3.8, 4) is 0 Å². The summed E-state index contributed by atoms with van der Waals surface area (Å²) in [6.07, 6.45) is 0.